The molecule has 0 atom stereocenters. The molecule has 0 saturated heterocycles. The van der Waals surface area contributed by atoms with Crippen molar-refractivity contribution >= 4 is 5.78 Å². The van der Waals surface area contributed by atoms with E-state index >= 15 is 0 Å². The first-order valence-electron chi connectivity index (χ1n) is 4.34. The van der Waals surface area contributed by atoms with Gasteiger partial charge in [0.25, 0.3) is 0 Å². The zero-order valence-electron chi connectivity index (χ0n) is 7.94. The summed E-state index contributed by atoms with van der Waals surface area (Å²) in [6, 6.07) is 2.40. The number of carbonyl (C=O) groups is 1. The Balaban J connectivity index is 2.65. The zero-order valence-corrected chi connectivity index (χ0v) is 7.94. The van der Waals surface area contributed by atoms with Crippen LogP contribution in [-0.4, -0.2) is 12.0 Å². The molecule has 0 saturated carbocycles. The molecule has 0 aliphatic carbocycles. The van der Waals surface area contributed by atoms with Crippen LogP contribution in [-0.2, 0) is 11.2 Å². The van der Waals surface area contributed by atoms with Crippen LogP contribution in [0.15, 0.2) is 18.2 Å². The van der Waals surface area contributed by atoms with Crippen molar-refractivity contribution in [2.45, 2.75) is 19.0 Å². The number of hydrogen-bond acceptors (Lipinski definition) is 1. The normalized spacial score (nSPS) is 11.6. The fourth-order valence-electron chi connectivity index (χ4n) is 1.15. The van der Waals surface area contributed by atoms with E-state index in [2.05, 4.69) is 0 Å². The molecule has 0 radical (unpaired) electrons. The van der Waals surface area contributed by atoms with E-state index in [4.69, 9.17) is 0 Å². The van der Waals surface area contributed by atoms with Gasteiger partial charge in [0.05, 0.1) is 0 Å². The number of Topliss-reactive ketones (excluding diaryl/α,β-unsaturated/α-hetero) is 1. The quantitative estimate of drug-likeness (QED) is 0.740. The number of alkyl halides is 3. The molecule has 0 N–H and O–H groups in total. The van der Waals surface area contributed by atoms with Gasteiger partial charge in [0.1, 0.15) is 11.6 Å². The maximum atomic E-state index is 12.6. The number of ketones is 1. The van der Waals surface area contributed by atoms with Crippen LogP contribution in [0.5, 0.6) is 0 Å². The maximum absolute atomic E-state index is 12.6. The van der Waals surface area contributed by atoms with Crippen molar-refractivity contribution in [3.63, 3.8) is 0 Å². The number of carbonyl (C=O) groups excluding carboxylic acids is 1. The maximum Gasteiger partial charge on any atom is 0.449 e. The standard InChI is InChI=1S/C10H7F5O/c11-7-3-6(4-8(12)5-7)1-2-9(16)10(13,14)15/h3-5H,1-2H2. The third-order valence-corrected chi connectivity index (χ3v) is 1.88. The van der Waals surface area contributed by atoms with Crippen molar-refractivity contribution in [2.75, 3.05) is 0 Å². The van der Waals surface area contributed by atoms with Crippen LogP contribution in [0, 0.1) is 11.6 Å². The van der Waals surface area contributed by atoms with E-state index in [0.29, 0.717) is 6.07 Å². The molecule has 0 spiro atoms. The third kappa shape index (κ3) is 3.60. The van der Waals surface area contributed by atoms with Gasteiger partial charge < -0.3 is 0 Å². The summed E-state index contributed by atoms with van der Waals surface area (Å²) in [5.41, 5.74) is 0.0232. The van der Waals surface area contributed by atoms with Gasteiger partial charge in [-0.15, -0.1) is 0 Å². The first-order chi connectivity index (χ1) is 7.29. The second kappa shape index (κ2) is 4.59. The van der Waals surface area contributed by atoms with Gasteiger partial charge in [0.2, 0.25) is 5.78 Å². The fourth-order valence-corrected chi connectivity index (χ4v) is 1.15. The molecule has 6 heteroatoms. The Labute approximate surface area is 87.9 Å². The minimum absolute atomic E-state index is 0.0232. The highest BCUT2D eigenvalue weighted by Gasteiger charge is 2.37. The highest BCUT2D eigenvalue weighted by molar-refractivity contribution is 5.84. The summed E-state index contributed by atoms with van der Waals surface area (Å²) in [5, 5.41) is 0. The lowest BCUT2D eigenvalue weighted by atomic mass is 10.1. The summed E-state index contributed by atoms with van der Waals surface area (Å²) in [6.07, 6.45) is -6.05. The van der Waals surface area contributed by atoms with Crippen molar-refractivity contribution in [2.24, 2.45) is 0 Å². The monoisotopic (exact) mass is 238 g/mol. The van der Waals surface area contributed by atoms with Crippen molar-refractivity contribution < 1.29 is 26.7 Å². The van der Waals surface area contributed by atoms with E-state index in [9.17, 15) is 26.7 Å². The number of aryl methyl sites for hydroxylation is 1. The average molecular weight is 238 g/mol. The van der Waals surface area contributed by atoms with E-state index < -0.39 is 30.0 Å². The van der Waals surface area contributed by atoms with Crippen molar-refractivity contribution in [3.8, 4) is 0 Å². The largest absolute Gasteiger partial charge is 0.449 e. The number of halogens is 5. The molecule has 0 aliphatic heterocycles. The Kier molecular flexibility index (Phi) is 3.62. The van der Waals surface area contributed by atoms with E-state index in [-0.39, 0.29) is 12.0 Å². The van der Waals surface area contributed by atoms with E-state index in [1.807, 2.05) is 0 Å². The summed E-state index contributed by atoms with van der Waals surface area (Å²) in [6.45, 7) is 0. The zero-order chi connectivity index (χ0) is 12.3. The molecule has 88 valence electrons. The van der Waals surface area contributed by atoms with Crippen molar-refractivity contribution in [1.29, 1.82) is 0 Å². The van der Waals surface area contributed by atoms with Crippen LogP contribution in [0.2, 0.25) is 0 Å². The predicted molar refractivity (Wildman–Crippen MR) is 45.7 cm³/mol. The van der Waals surface area contributed by atoms with Crippen LogP contribution in [0.3, 0.4) is 0 Å². The van der Waals surface area contributed by atoms with Gasteiger partial charge in [-0.05, 0) is 24.1 Å². The summed E-state index contributed by atoms with van der Waals surface area (Å²) < 4.78 is 60.7. The van der Waals surface area contributed by atoms with Gasteiger partial charge in [0, 0.05) is 12.5 Å². The first kappa shape index (κ1) is 12.6. The Bertz CT molecular complexity index is 376. The van der Waals surface area contributed by atoms with Crippen LogP contribution >= 0.6 is 0 Å². The lowest BCUT2D eigenvalue weighted by molar-refractivity contribution is -0.171. The van der Waals surface area contributed by atoms with Gasteiger partial charge in [-0.2, -0.15) is 13.2 Å². The van der Waals surface area contributed by atoms with Crippen molar-refractivity contribution in [1.82, 2.24) is 0 Å². The molecule has 1 aromatic carbocycles. The summed E-state index contributed by atoms with van der Waals surface area (Å²) in [5.74, 6) is -3.67. The molecule has 0 fully saturated rings. The lowest BCUT2D eigenvalue weighted by Crippen LogP contribution is -2.22. The van der Waals surface area contributed by atoms with E-state index in [0.717, 1.165) is 12.1 Å². The van der Waals surface area contributed by atoms with Gasteiger partial charge >= 0.3 is 6.18 Å². The SMILES string of the molecule is O=C(CCc1cc(F)cc(F)c1)C(F)(F)F. The molecular formula is C10H7F5O. The number of benzene rings is 1. The Hall–Kier alpha value is -1.46. The smallest absolute Gasteiger partial charge is 0.290 e. The molecule has 1 rings (SSSR count). The van der Waals surface area contributed by atoms with Crippen LogP contribution in [0.25, 0.3) is 0 Å². The molecular weight excluding hydrogens is 231 g/mol. The second-order valence-electron chi connectivity index (χ2n) is 3.20. The highest BCUT2D eigenvalue weighted by atomic mass is 19.4. The number of hydrogen-bond donors (Lipinski definition) is 0. The van der Waals surface area contributed by atoms with Gasteiger partial charge in [-0.1, -0.05) is 0 Å². The molecule has 16 heavy (non-hydrogen) atoms. The molecule has 0 heterocycles. The Morgan fingerprint density at radius 3 is 2.00 bits per heavy atom. The molecule has 0 amide bonds. The fraction of sp³-hybridized carbons (Fsp3) is 0.300. The predicted octanol–water partition coefficient (Wildman–Crippen LogP) is 3.03. The summed E-state index contributed by atoms with van der Waals surface area (Å²) >= 11 is 0. The van der Waals surface area contributed by atoms with Gasteiger partial charge in [-0.25, -0.2) is 8.78 Å². The third-order valence-electron chi connectivity index (χ3n) is 1.88. The average Bonchev–Trinajstić information content (AvgIpc) is 2.11. The van der Waals surface area contributed by atoms with Gasteiger partial charge in [0.15, 0.2) is 0 Å². The lowest BCUT2D eigenvalue weighted by Gasteiger charge is -2.05. The number of rotatable bonds is 3. The van der Waals surface area contributed by atoms with Crippen LogP contribution in [0.1, 0.15) is 12.0 Å². The topological polar surface area (TPSA) is 17.1 Å². The van der Waals surface area contributed by atoms with E-state index in [1.165, 1.54) is 0 Å². The second-order valence-corrected chi connectivity index (χ2v) is 3.20. The molecule has 1 nitrogen and oxygen atoms in total. The van der Waals surface area contributed by atoms with Gasteiger partial charge in [-0.3, -0.25) is 4.79 Å². The minimum atomic E-state index is -4.90. The minimum Gasteiger partial charge on any atom is -0.290 e. The molecule has 0 aromatic heterocycles. The van der Waals surface area contributed by atoms with Crippen molar-refractivity contribution in [3.05, 3.63) is 35.4 Å². The highest BCUT2D eigenvalue weighted by Crippen LogP contribution is 2.19. The first-order valence-corrected chi connectivity index (χ1v) is 4.34. The van der Waals surface area contributed by atoms with E-state index in [1.54, 1.807) is 0 Å². The Morgan fingerprint density at radius 1 is 1.06 bits per heavy atom. The molecule has 1 aromatic rings. The van der Waals surface area contributed by atoms with Crippen LogP contribution < -0.4 is 0 Å². The molecule has 0 unspecified atom stereocenters. The molecule has 0 aliphatic rings. The Morgan fingerprint density at radius 2 is 1.56 bits per heavy atom. The molecule has 0 bridgehead atoms. The summed E-state index contributed by atoms with van der Waals surface area (Å²) in [4.78, 5) is 10.5. The summed E-state index contributed by atoms with van der Waals surface area (Å²) in [7, 11) is 0. The van der Waals surface area contributed by atoms with Crippen LogP contribution in [0.4, 0.5) is 22.0 Å².